The van der Waals surface area contributed by atoms with Crippen LogP contribution in [-0.2, 0) is 14.3 Å². The van der Waals surface area contributed by atoms with E-state index in [0.29, 0.717) is 26.3 Å². The Morgan fingerprint density at radius 2 is 2.31 bits per heavy atom. The Balaban J connectivity index is 1.93. The molecular formula is C8H12N2O3. The normalized spacial score (nSPS) is 22.5. The lowest BCUT2D eigenvalue weighted by Gasteiger charge is -2.37. The van der Waals surface area contributed by atoms with Crippen LogP contribution in [0.3, 0.4) is 0 Å². The number of likely N-dealkylation sites (tertiary alicyclic amines) is 1. The third-order valence-electron chi connectivity index (χ3n) is 2.06. The number of amides is 1. The number of carbonyl (C=O) groups excluding carboxylic acids is 1. The van der Waals surface area contributed by atoms with Gasteiger partial charge in [0.25, 0.3) is 5.91 Å². The first-order valence-corrected chi connectivity index (χ1v) is 4.27. The van der Waals surface area contributed by atoms with Crippen molar-refractivity contribution >= 4 is 5.91 Å². The van der Waals surface area contributed by atoms with Crippen molar-refractivity contribution in [3.05, 3.63) is 12.0 Å². The Labute approximate surface area is 76.1 Å². The predicted octanol–water partition coefficient (Wildman–Crippen LogP) is -0.956. The minimum absolute atomic E-state index is 0.119. The summed E-state index contributed by atoms with van der Waals surface area (Å²) in [6.07, 6.45) is 1.37. The van der Waals surface area contributed by atoms with E-state index in [9.17, 15) is 4.79 Å². The van der Waals surface area contributed by atoms with Crippen molar-refractivity contribution in [3.63, 3.8) is 0 Å². The summed E-state index contributed by atoms with van der Waals surface area (Å²) < 4.78 is 10.1. The van der Waals surface area contributed by atoms with Crippen molar-refractivity contribution < 1.29 is 14.3 Å². The van der Waals surface area contributed by atoms with Crippen LogP contribution in [0.1, 0.15) is 0 Å². The molecule has 2 aliphatic heterocycles. The van der Waals surface area contributed by atoms with Crippen molar-refractivity contribution in [2.75, 3.05) is 26.3 Å². The molecule has 2 aliphatic rings. The zero-order chi connectivity index (χ0) is 9.26. The van der Waals surface area contributed by atoms with E-state index in [1.165, 1.54) is 6.26 Å². The molecule has 0 bridgehead atoms. The van der Waals surface area contributed by atoms with Crippen LogP contribution in [0.2, 0.25) is 0 Å². The fourth-order valence-electron chi connectivity index (χ4n) is 1.31. The summed E-state index contributed by atoms with van der Waals surface area (Å²) >= 11 is 0. The second-order valence-corrected chi connectivity index (χ2v) is 3.17. The molecule has 72 valence electrons. The molecule has 2 N–H and O–H groups in total. The van der Waals surface area contributed by atoms with Crippen LogP contribution in [0.4, 0.5) is 0 Å². The molecule has 0 spiro atoms. The molecule has 13 heavy (non-hydrogen) atoms. The van der Waals surface area contributed by atoms with Crippen molar-refractivity contribution in [2.45, 2.75) is 6.04 Å². The van der Waals surface area contributed by atoms with E-state index in [2.05, 4.69) is 0 Å². The van der Waals surface area contributed by atoms with Crippen LogP contribution in [0.5, 0.6) is 0 Å². The van der Waals surface area contributed by atoms with Crippen LogP contribution in [0.15, 0.2) is 12.0 Å². The van der Waals surface area contributed by atoms with Crippen molar-refractivity contribution in [1.29, 1.82) is 0 Å². The van der Waals surface area contributed by atoms with Crippen LogP contribution >= 0.6 is 0 Å². The number of nitrogens with zero attached hydrogens (tertiary/aromatic N) is 1. The topological polar surface area (TPSA) is 64.8 Å². The molecule has 0 aromatic rings. The van der Waals surface area contributed by atoms with Crippen LogP contribution in [0.25, 0.3) is 0 Å². The van der Waals surface area contributed by atoms with Gasteiger partial charge < -0.3 is 20.1 Å². The molecule has 1 amide bonds. The van der Waals surface area contributed by atoms with E-state index in [-0.39, 0.29) is 17.7 Å². The summed E-state index contributed by atoms with van der Waals surface area (Å²) in [4.78, 5) is 13.2. The molecule has 5 nitrogen and oxygen atoms in total. The SMILES string of the molecule is NC1CN(C(=O)C2=COCCO2)C1. The second-order valence-electron chi connectivity index (χ2n) is 3.17. The van der Waals surface area contributed by atoms with Gasteiger partial charge in [0, 0.05) is 19.1 Å². The molecule has 2 rings (SSSR count). The van der Waals surface area contributed by atoms with Gasteiger partial charge in [0.1, 0.15) is 19.5 Å². The van der Waals surface area contributed by atoms with Gasteiger partial charge in [0.05, 0.1) is 0 Å². The summed E-state index contributed by atoms with van der Waals surface area (Å²) in [5.41, 5.74) is 5.55. The zero-order valence-electron chi connectivity index (χ0n) is 7.23. The lowest BCUT2D eigenvalue weighted by Crippen LogP contribution is -2.58. The number of rotatable bonds is 1. The van der Waals surface area contributed by atoms with Gasteiger partial charge in [0.15, 0.2) is 0 Å². The summed E-state index contributed by atoms with van der Waals surface area (Å²) in [6.45, 7) is 2.17. The fraction of sp³-hybridized carbons (Fsp3) is 0.625. The van der Waals surface area contributed by atoms with E-state index >= 15 is 0 Å². The highest BCUT2D eigenvalue weighted by Crippen LogP contribution is 2.13. The van der Waals surface area contributed by atoms with Gasteiger partial charge in [-0.15, -0.1) is 0 Å². The molecule has 0 saturated carbocycles. The maximum Gasteiger partial charge on any atom is 0.292 e. The molecule has 0 unspecified atom stereocenters. The van der Waals surface area contributed by atoms with Gasteiger partial charge in [-0.05, 0) is 0 Å². The minimum Gasteiger partial charge on any atom is -0.494 e. The highest BCUT2D eigenvalue weighted by Gasteiger charge is 2.31. The number of hydrogen-bond donors (Lipinski definition) is 1. The number of hydrogen-bond acceptors (Lipinski definition) is 4. The zero-order valence-corrected chi connectivity index (χ0v) is 7.23. The van der Waals surface area contributed by atoms with E-state index in [0.717, 1.165) is 0 Å². The van der Waals surface area contributed by atoms with E-state index in [1.54, 1.807) is 4.90 Å². The van der Waals surface area contributed by atoms with E-state index in [1.807, 2.05) is 0 Å². The highest BCUT2D eigenvalue weighted by molar-refractivity contribution is 5.91. The molecule has 0 aliphatic carbocycles. The third-order valence-corrected chi connectivity index (χ3v) is 2.06. The van der Waals surface area contributed by atoms with E-state index < -0.39 is 0 Å². The molecule has 1 fully saturated rings. The van der Waals surface area contributed by atoms with Crippen molar-refractivity contribution in [2.24, 2.45) is 5.73 Å². The smallest absolute Gasteiger partial charge is 0.292 e. The van der Waals surface area contributed by atoms with Crippen LogP contribution in [0, 0.1) is 0 Å². The Kier molecular flexibility index (Phi) is 2.10. The maximum atomic E-state index is 11.5. The minimum atomic E-state index is -0.124. The molecular weight excluding hydrogens is 172 g/mol. The monoisotopic (exact) mass is 184 g/mol. The van der Waals surface area contributed by atoms with Crippen molar-refractivity contribution in [1.82, 2.24) is 4.90 Å². The standard InChI is InChI=1S/C8H12N2O3/c9-6-3-10(4-6)8(11)7-5-12-1-2-13-7/h5-6H,1-4,9H2. The lowest BCUT2D eigenvalue weighted by atomic mass is 10.1. The highest BCUT2D eigenvalue weighted by atomic mass is 16.6. The summed E-state index contributed by atoms with van der Waals surface area (Å²) in [6, 6.07) is 0.119. The predicted molar refractivity (Wildman–Crippen MR) is 44.5 cm³/mol. The maximum absolute atomic E-state index is 11.5. The average Bonchev–Trinajstić information content (AvgIpc) is 2.13. The first kappa shape index (κ1) is 8.37. The van der Waals surface area contributed by atoms with Gasteiger partial charge >= 0.3 is 0 Å². The largest absolute Gasteiger partial charge is 0.494 e. The first-order valence-electron chi connectivity index (χ1n) is 4.27. The third kappa shape index (κ3) is 1.60. The summed E-state index contributed by atoms with van der Waals surface area (Å²) in [5, 5.41) is 0. The number of nitrogens with two attached hydrogens (primary N) is 1. The Hall–Kier alpha value is -1.23. The van der Waals surface area contributed by atoms with Crippen LogP contribution in [-0.4, -0.2) is 43.2 Å². The number of carbonyl (C=O) groups is 1. The fourth-order valence-corrected chi connectivity index (χ4v) is 1.31. The molecule has 0 radical (unpaired) electrons. The lowest BCUT2D eigenvalue weighted by molar-refractivity contribution is -0.136. The average molecular weight is 184 g/mol. The molecule has 0 aromatic heterocycles. The van der Waals surface area contributed by atoms with Gasteiger partial charge in [-0.2, -0.15) is 0 Å². The number of ether oxygens (including phenoxy) is 2. The Morgan fingerprint density at radius 3 is 2.85 bits per heavy atom. The van der Waals surface area contributed by atoms with Crippen molar-refractivity contribution in [3.8, 4) is 0 Å². The molecule has 1 saturated heterocycles. The van der Waals surface area contributed by atoms with Gasteiger partial charge in [0.2, 0.25) is 5.76 Å². The van der Waals surface area contributed by atoms with Gasteiger partial charge in [-0.1, -0.05) is 0 Å². The van der Waals surface area contributed by atoms with Crippen LogP contribution < -0.4 is 5.73 Å². The Bertz CT molecular complexity index is 246. The summed E-state index contributed by atoms with van der Waals surface area (Å²) in [7, 11) is 0. The molecule has 0 aromatic carbocycles. The van der Waals surface area contributed by atoms with E-state index in [4.69, 9.17) is 15.2 Å². The molecule has 0 atom stereocenters. The summed E-state index contributed by atoms with van der Waals surface area (Å²) in [5.74, 6) is 0.166. The van der Waals surface area contributed by atoms with Gasteiger partial charge in [-0.25, -0.2) is 0 Å². The Morgan fingerprint density at radius 1 is 1.54 bits per heavy atom. The molecule has 5 heteroatoms. The second kappa shape index (κ2) is 3.26. The first-order chi connectivity index (χ1) is 6.27. The quantitative estimate of drug-likeness (QED) is 0.570. The molecule has 2 heterocycles. The van der Waals surface area contributed by atoms with Gasteiger partial charge in [-0.3, -0.25) is 4.79 Å².